The highest BCUT2D eigenvalue weighted by Gasteiger charge is 2.31. The molecule has 1 aliphatic heterocycles. The number of hydrogen-bond donors (Lipinski definition) is 2. The Labute approximate surface area is 167 Å². The van der Waals surface area contributed by atoms with E-state index in [1.165, 1.54) is 24.0 Å². The molecule has 0 unspecified atom stereocenters. The van der Waals surface area contributed by atoms with E-state index in [9.17, 15) is 9.59 Å². The second-order valence-corrected chi connectivity index (χ2v) is 7.57. The van der Waals surface area contributed by atoms with Gasteiger partial charge in [-0.2, -0.15) is 0 Å². The number of nitrogens with one attached hydrogen (secondary N) is 2. The van der Waals surface area contributed by atoms with E-state index in [1.807, 2.05) is 49.4 Å². The molecule has 5 heteroatoms. The van der Waals surface area contributed by atoms with Crippen molar-refractivity contribution in [3.63, 3.8) is 0 Å². The maximum Gasteiger partial charge on any atom is 0.319 e. The Morgan fingerprint density at radius 3 is 2.54 bits per heavy atom. The average Bonchev–Trinajstić information content (AvgIpc) is 3.03. The molecule has 0 bridgehead atoms. The van der Waals surface area contributed by atoms with Crippen LogP contribution in [-0.4, -0.2) is 24.5 Å². The lowest BCUT2D eigenvalue weighted by Gasteiger charge is -2.18. The van der Waals surface area contributed by atoms with Crippen LogP contribution in [0.25, 0.3) is 0 Å². The quantitative estimate of drug-likeness (QED) is 0.772. The van der Waals surface area contributed by atoms with E-state index in [0.29, 0.717) is 13.0 Å². The Morgan fingerprint density at radius 2 is 1.86 bits per heavy atom. The van der Waals surface area contributed by atoms with Crippen LogP contribution in [-0.2, 0) is 11.2 Å². The summed E-state index contributed by atoms with van der Waals surface area (Å²) in [7, 11) is 0. The molecule has 1 heterocycles. The fourth-order valence-electron chi connectivity index (χ4n) is 3.44. The van der Waals surface area contributed by atoms with Gasteiger partial charge in [0.05, 0.1) is 6.04 Å². The molecular formula is C23H29N3O2. The highest BCUT2D eigenvalue weighted by molar-refractivity contribution is 5.97. The van der Waals surface area contributed by atoms with Crippen LogP contribution in [0.1, 0.15) is 42.9 Å². The lowest BCUT2D eigenvalue weighted by molar-refractivity contribution is -0.117. The number of hydrogen-bond acceptors (Lipinski definition) is 2. The van der Waals surface area contributed by atoms with Crippen molar-refractivity contribution < 1.29 is 9.59 Å². The number of benzene rings is 2. The first-order valence-electron chi connectivity index (χ1n) is 10.0. The fourth-order valence-corrected chi connectivity index (χ4v) is 3.44. The van der Waals surface area contributed by atoms with Crippen LogP contribution in [0.5, 0.6) is 0 Å². The molecule has 2 aromatic carbocycles. The largest absolute Gasteiger partial charge is 0.333 e. The molecule has 1 fully saturated rings. The van der Waals surface area contributed by atoms with Gasteiger partial charge >= 0.3 is 6.03 Å². The Morgan fingerprint density at radius 1 is 1.11 bits per heavy atom. The van der Waals surface area contributed by atoms with Crippen LogP contribution in [0.4, 0.5) is 16.2 Å². The lowest BCUT2D eigenvalue weighted by Crippen LogP contribution is -2.39. The summed E-state index contributed by atoms with van der Waals surface area (Å²) in [6.45, 7) is 6.76. The van der Waals surface area contributed by atoms with Crippen molar-refractivity contribution in [2.24, 2.45) is 0 Å². The van der Waals surface area contributed by atoms with Crippen LogP contribution in [0, 0.1) is 13.8 Å². The number of carbonyl (C=O) groups is 2. The summed E-state index contributed by atoms with van der Waals surface area (Å²) in [5.41, 5.74) is 5.28. The first-order chi connectivity index (χ1) is 13.5. The number of anilines is 2. The third-order valence-electron chi connectivity index (χ3n) is 5.29. The molecule has 28 heavy (non-hydrogen) atoms. The molecule has 3 amide bonds. The number of unbranched alkanes of at least 4 members (excludes halogenated alkanes) is 1. The molecule has 1 saturated heterocycles. The van der Waals surface area contributed by atoms with Gasteiger partial charge in [-0.1, -0.05) is 31.5 Å². The second-order valence-electron chi connectivity index (χ2n) is 7.57. The predicted molar refractivity (Wildman–Crippen MR) is 114 cm³/mol. The van der Waals surface area contributed by atoms with E-state index in [0.717, 1.165) is 23.4 Å². The summed E-state index contributed by atoms with van der Waals surface area (Å²) in [5, 5.41) is 5.78. The van der Waals surface area contributed by atoms with Crippen molar-refractivity contribution in [2.75, 3.05) is 16.8 Å². The van der Waals surface area contributed by atoms with Crippen molar-refractivity contribution in [1.29, 1.82) is 0 Å². The van der Waals surface area contributed by atoms with Gasteiger partial charge in [0.15, 0.2) is 0 Å². The van der Waals surface area contributed by atoms with Crippen molar-refractivity contribution in [1.82, 2.24) is 5.32 Å². The van der Waals surface area contributed by atoms with E-state index in [-0.39, 0.29) is 18.0 Å². The van der Waals surface area contributed by atoms with Gasteiger partial charge in [-0.3, -0.25) is 4.79 Å². The highest BCUT2D eigenvalue weighted by atomic mass is 16.2. The molecular weight excluding hydrogens is 350 g/mol. The molecule has 0 radical (unpaired) electrons. The maximum absolute atomic E-state index is 12.4. The van der Waals surface area contributed by atoms with E-state index in [1.54, 1.807) is 4.90 Å². The molecule has 1 aliphatic rings. The number of rotatable bonds is 6. The molecule has 3 rings (SSSR count). The zero-order valence-corrected chi connectivity index (χ0v) is 16.9. The number of aryl methyl sites for hydroxylation is 3. The van der Waals surface area contributed by atoms with Crippen LogP contribution in [0.3, 0.4) is 0 Å². The molecule has 0 aliphatic carbocycles. The summed E-state index contributed by atoms with van der Waals surface area (Å²) < 4.78 is 0. The number of urea groups is 1. The summed E-state index contributed by atoms with van der Waals surface area (Å²) in [4.78, 5) is 26.5. The van der Waals surface area contributed by atoms with Crippen molar-refractivity contribution in [3.05, 3.63) is 59.2 Å². The molecule has 2 aromatic rings. The van der Waals surface area contributed by atoms with Gasteiger partial charge in [0.25, 0.3) is 0 Å². The monoisotopic (exact) mass is 379 g/mol. The molecule has 148 valence electrons. The van der Waals surface area contributed by atoms with E-state index < -0.39 is 0 Å². The Bertz CT molecular complexity index is 845. The minimum atomic E-state index is -0.277. The summed E-state index contributed by atoms with van der Waals surface area (Å²) in [6.07, 6.45) is 3.71. The van der Waals surface area contributed by atoms with Crippen LogP contribution < -0.4 is 15.5 Å². The van der Waals surface area contributed by atoms with Crippen LogP contribution in [0.2, 0.25) is 0 Å². The Kier molecular flexibility index (Phi) is 6.34. The van der Waals surface area contributed by atoms with Gasteiger partial charge in [-0.15, -0.1) is 0 Å². The molecule has 0 aromatic heterocycles. The lowest BCUT2D eigenvalue weighted by atomic mass is 10.1. The third kappa shape index (κ3) is 4.91. The number of amides is 3. The molecule has 0 saturated carbocycles. The topological polar surface area (TPSA) is 61.4 Å². The number of carbonyl (C=O) groups excluding carboxylic acids is 2. The van der Waals surface area contributed by atoms with Gasteiger partial charge in [-0.25, -0.2) is 4.79 Å². The minimum Gasteiger partial charge on any atom is -0.333 e. The van der Waals surface area contributed by atoms with E-state index in [2.05, 4.69) is 24.5 Å². The van der Waals surface area contributed by atoms with Crippen LogP contribution in [0.15, 0.2) is 42.5 Å². The minimum absolute atomic E-state index is 0.0360. The average molecular weight is 380 g/mol. The SMILES string of the molecule is CCCCc1ccc(NC(=O)N[C@@H]2CC(=O)N(c3ccc(C)c(C)c3)C2)cc1. The Hall–Kier alpha value is -2.82. The highest BCUT2D eigenvalue weighted by Crippen LogP contribution is 2.24. The standard InChI is InChI=1S/C23H29N3O2/c1-4-5-6-18-8-10-19(11-9-18)24-23(28)25-20-14-22(27)26(15-20)21-12-7-16(2)17(3)13-21/h7-13,20H,4-6,14-15H2,1-3H3,(H2,24,25,28)/t20-/m1/s1. The summed E-state index contributed by atoms with van der Waals surface area (Å²) in [5.74, 6) is 0.0360. The predicted octanol–water partition coefficient (Wildman–Crippen LogP) is 4.57. The first-order valence-corrected chi connectivity index (χ1v) is 10.0. The Balaban J connectivity index is 1.54. The van der Waals surface area contributed by atoms with Gasteiger partial charge < -0.3 is 15.5 Å². The zero-order valence-electron chi connectivity index (χ0n) is 16.9. The fraction of sp³-hybridized carbons (Fsp3) is 0.391. The normalized spacial score (nSPS) is 16.3. The van der Waals surface area contributed by atoms with Gasteiger partial charge in [-0.05, 0) is 67.6 Å². The summed E-state index contributed by atoms with van der Waals surface area (Å²) in [6, 6.07) is 13.5. The first kappa shape index (κ1) is 19.9. The van der Waals surface area contributed by atoms with Crippen molar-refractivity contribution >= 4 is 23.3 Å². The third-order valence-corrected chi connectivity index (χ3v) is 5.29. The van der Waals surface area contributed by atoms with Gasteiger partial charge in [0.2, 0.25) is 5.91 Å². The second kappa shape index (κ2) is 8.91. The summed E-state index contributed by atoms with van der Waals surface area (Å²) >= 11 is 0. The van der Waals surface area contributed by atoms with Crippen molar-refractivity contribution in [3.8, 4) is 0 Å². The molecule has 1 atom stereocenters. The zero-order chi connectivity index (χ0) is 20.1. The molecule has 2 N–H and O–H groups in total. The van der Waals surface area contributed by atoms with E-state index >= 15 is 0 Å². The smallest absolute Gasteiger partial charge is 0.319 e. The van der Waals surface area contributed by atoms with E-state index in [4.69, 9.17) is 0 Å². The molecule has 5 nitrogen and oxygen atoms in total. The van der Waals surface area contributed by atoms with Crippen molar-refractivity contribution in [2.45, 2.75) is 52.5 Å². The van der Waals surface area contributed by atoms with Gasteiger partial charge in [0.1, 0.15) is 0 Å². The maximum atomic E-state index is 12.4. The van der Waals surface area contributed by atoms with Gasteiger partial charge in [0, 0.05) is 24.3 Å². The number of nitrogens with zero attached hydrogens (tertiary/aromatic N) is 1. The van der Waals surface area contributed by atoms with Crippen LogP contribution >= 0.6 is 0 Å². The molecule has 0 spiro atoms.